The van der Waals surface area contributed by atoms with Gasteiger partial charge in [0.2, 0.25) is 23.6 Å². The quantitative estimate of drug-likeness (QED) is 0.173. The first-order valence-electron chi connectivity index (χ1n) is 17.8. The molecule has 1 aliphatic heterocycles. The van der Waals surface area contributed by atoms with Crippen LogP contribution < -0.4 is 10.6 Å². The molecule has 1 unspecified atom stereocenters. The van der Waals surface area contributed by atoms with Gasteiger partial charge in [-0.2, -0.15) is 0 Å². The van der Waals surface area contributed by atoms with Crippen molar-refractivity contribution in [3.05, 3.63) is 0 Å². The predicted molar refractivity (Wildman–Crippen MR) is 189 cm³/mol. The average Bonchev–Trinajstić information content (AvgIpc) is 3.50. The molecule has 1 heterocycles. The second kappa shape index (κ2) is 20.3. The minimum Gasteiger partial charge on any atom is -0.391 e. The summed E-state index contributed by atoms with van der Waals surface area (Å²) in [6.45, 7) is 16.7. The van der Waals surface area contributed by atoms with Crippen molar-refractivity contribution in [1.29, 1.82) is 0 Å². The molecule has 0 radical (unpaired) electrons. The summed E-state index contributed by atoms with van der Waals surface area (Å²) in [5.74, 6) is -2.34. The molecule has 0 aromatic carbocycles. The molecule has 3 N–H and O–H groups in total. The SMILES string of the molecule is CC[C@H](C)[C@@H]([C@@H](CC(=O)N1CCC[C@H]1[C@H](OC)[C@@H](C)C(=O)N[C@H](C(C)=O)C(C)O)OC)N(C)C(=O)[C@@H](NC(=O)[C@H](C(C)C)N(C)C)C(C)C. The van der Waals surface area contributed by atoms with E-state index in [1.807, 2.05) is 60.5 Å². The van der Waals surface area contributed by atoms with Crippen LogP contribution in [0.1, 0.15) is 88.0 Å². The Hall–Kier alpha value is -2.61. The van der Waals surface area contributed by atoms with E-state index < -0.39 is 60.3 Å². The fraction of sp³-hybridized carbons (Fsp3) is 0.861. The van der Waals surface area contributed by atoms with Crippen LogP contribution in [0.3, 0.4) is 0 Å². The number of aliphatic hydroxyl groups excluding tert-OH is 1. The molecule has 1 aliphatic rings. The second-order valence-electron chi connectivity index (χ2n) is 14.8. The Morgan fingerprint density at radius 3 is 1.88 bits per heavy atom. The smallest absolute Gasteiger partial charge is 0.245 e. The molecule has 0 aliphatic carbocycles. The van der Waals surface area contributed by atoms with Crippen LogP contribution >= 0.6 is 0 Å². The van der Waals surface area contributed by atoms with Crippen LogP contribution in [-0.2, 0) is 33.4 Å². The van der Waals surface area contributed by atoms with Crippen molar-refractivity contribution < 1.29 is 38.6 Å². The lowest BCUT2D eigenvalue weighted by molar-refractivity contribution is -0.148. The number of hydrogen-bond donors (Lipinski definition) is 3. The highest BCUT2D eigenvalue weighted by Gasteiger charge is 2.43. The summed E-state index contributed by atoms with van der Waals surface area (Å²) >= 11 is 0. The Labute approximate surface area is 295 Å². The molecular formula is C36H67N5O8. The maximum Gasteiger partial charge on any atom is 0.245 e. The number of ether oxygens (including phenoxy) is 2. The van der Waals surface area contributed by atoms with Crippen LogP contribution in [0.15, 0.2) is 0 Å². The highest BCUT2D eigenvalue weighted by molar-refractivity contribution is 5.90. The lowest BCUT2D eigenvalue weighted by Gasteiger charge is -2.41. The van der Waals surface area contributed by atoms with Gasteiger partial charge in [-0.15, -0.1) is 0 Å². The molecule has 10 atom stereocenters. The number of rotatable bonds is 20. The fourth-order valence-electron chi connectivity index (χ4n) is 7.26. The number of carbonyl (C=O) groups is 5. The third-order valence-corrected chi connectivity index (χ3v) is 10.2. The largest absolute Gasteiger partial charge is 0.391 e. The number of hydrogen-bond acceptors (Lipinski definition) is 9. The van der Waals surface area contributed by atoms with E-state index in [4.69, 9.17) is 9.47 Å². The van der Waals surface area contributed by atoms with E-state index in [0.29, 0.717) is 13.0 Å². The molecule has 1 fully saturated rings. The maximum atomic E-state index is 14.1. The Morgan fingerprint density at radius 1 is 0.878 bits per heavy atom. The van der Waals surface area contributed by atoms with Gasteiger partial charge in [0.05, 0.1) is 48.8 Å². The lowest BCUT2D eigenvalue weighted by atomic mass is 9.89. The lowest BCUT2D eigenvalue weighted by Crippen LogP contribution is -2.59. The highest BCUT2D eigenvalue weighted by atomic mass is 16.5. The van der Waals surface area contributed by atoms with Gasteiger partial charge >= 0.3 is 0 Å². The monoisotopic (exact) mass is 697 g/mol. The van der Waals surface area contributed by atoms with Gasteiger partial charge in [0.1, 0.15) is 12.1 Å². The van der Waals surface area contributed by atoms with E-state index >= 15 is 0 Å². The molecule has 284 valence electrons. The summed E-state index contributed by atoms with van der Waals surface area (Å²) < 4.78 is 11.8. The zero-order chi connectivity index (χ0) is 37.9. The molecule has 1 saturated heterocycles. The van der Waals surface area contributed by atoms with E-state index in [2.05, 4.69) is 10.6 Å². The Bertz CT molecular complexity index is 1090. The van der Waals surface area contributed by atoms with Crippen molar-refractivity contribution >= 4 is 29.4 Å². The number of likely N-dealkylation sites (tertiary alicyclic amines) is 1. The molecule has 0 aromatic heterocycles. The number of ketones is 1. The number of Topliss-reactive ketones (excluding diaryl/α,β-unsaturated/α-hetero) is 1. The van der Waals surface area contributed by atoms with Crippen LogP contribution in [0.5, 0.6) is 0 Å². The standard InChI is InChI=1S/C36H67N5O8/c1-15-22(6)32(40(12)36(47)29(20(2)3)37-35(46)31(21(4)5)39(10)11)27(48-13)19-28(44)41-18-16-17-26(41)33(49-14)23(7)34(45)38-30(24(8)42)25(9)43/h20-24,26-27,29-33,42H,15-19H2,1-14H3,(H,37,46)(H,38,45)/t22-,23+,24?,26-,27+,29-,30-,31-,32-,33+/m0/s1. The van der Waals surface area contributed by atoms with Gasteiger partial charge in [-0.3, -0.25) is 28.9 Å². The Morgan fingerprint density at radius 2 is 1.45 bits per heavy atom. The van der Waals surface area contributed by atoms with Crippen LogP contribution in [0.25, 0.3) is 0 Å². The summed E-state index contributed by atoms with van der Waals surface area (Å²) in [5.41, 5.74) is 0. The number of carbonyl (C=O) groups excluding carboxylic acids is 5. The van der Waals surface area contributed by atoms with Crippen LogP contribution in [0.4, 0.5) is 0 Å². The average molecular weight is 698 g/mol. The maximum absolute atomic E-state index is 14.1. The third-order valence-electron chi connectivity index (χ3n) is 10.2. The molecule has 4 amide bonds. The fourth-order valence-corrected chi connectivity index (χ4v) is 7.26. The zero-order valence-corrected chi connectivity index (χ0v) is 32.6. The number of methoxy groups -OCH3 is 2. The van der Waals surface area contributed by atoms with Crippen LogP contribution in [0.2, 0.25) is 0 Å². The molecule has 0 bridgehead atoms. The molecule has 13 nitrogen and oxygen atoms in total. The van der Waals surface area contributed by atoms with Crippen LogP contribution in [0, 0.1) is 23.7 Å². The highest BCUT2D eigenvalue weighted by Crippen LogP contribution is 2.29. The molecule has 1 rings (SSSR count). The van der Waals surface area contributed by atoms with Crippen molar-refractivity contribution in [2.75, 3.05) is 41.9 Å². The molecule has 0 saturated carbocycles. The van der Waals surface area contributed by atoms with Gasteiger partial charge in [-0.25, -0.2) is 0 Å². The number of nitrogens with one attached hydrogen (secondary N) is 2. The van der Waals surface area contributed by atoms with Crippen molar-refractivity contribution in [3.63, 3.8) is 0 Å². The number of aliphatic hydroxyl groups is 1. The molecule has 13 heteroatoms. The van der Waals surface area contributed by atoms with E-state index in [1.54, 1.807) is 23.8 Å². The van der Waals surface area contributed by atoms with Gasteiger partial charge in [-0.1, -0.05) is 54.9 Å². The summed E-state index contributed by atoms with van der Waals surface area (Å²) in [7, 11) is 8.44. The third kappa shape index (κ3) is 11.7. The summed E-state index contributed by atoms with van der Waals surface area (Å²) in [5, 5.41) is 15.6. The van der Waals surface area contributed by atoms with Gasteiger partial charge in [-0.05, 0) is 58.5 Å². The molecular weight excluding hydrogens is 630 g/mol. The van der Waals surface area contributed by atoms with Crippen molar-refractivity contribution in [2.24, 2.45) is 23.7 Å². The van der Waals surface area contributed by atoms with Gasteiger partial charge in [0, 0.05) is 27.8 Å². The van der Waals surface area contributed by atoms with E-state index in [0.717, 1.165) is 12.8 Å². The van der Waals surface area contributed by atoms with Gasteiger partial charge < -0.3 is 35.0 Å². The van der Waals surface area contributed by atoms with E-state index in [9.17, 15) is 29.1 Å². The molecule has 49 heavy (non-hydrogen) atoms. The van der Waals surface area contributed by atoms with E-state index in [-0.39, 0.29) is 47.7 Å². The Kier molecular flexibility index (Phi) is 18.4. The topological polar surface area (TPSA) is 158 Å². The number of amides is 4. The first kappa shape index (κ1) is 44.4. The summed E-state index contributed by atoms with van der Waals surface area (Å²) in [6, 6.07) is -3.08. The molecule has 0 aromatic rings. The minimum absolute atomic E-state index is 0.000165. The predicted octanol–water partition coefficient (Wildman–Crippen LogP) is 2.09. The second-order valence-corrected chi connectivity index (χ2v) is 14.8. The van der Waals surface area contributed by atoms with Gasteiger partial charge in [0.25, 0.3) is 0 Å². The summed E-state index contributed by atoms with van der Waals surface area (Å²) in [4.78, 5) is 72.0. The molecule has 0 spiro atoms. The number of likely N-dealkylation sites (N-methyl/N-ethyl adjacent to an activating group) is 2. The Balaban J connectivity index is 3.28. The van der Waals surface area contributed by atoms with Crippen LogP contribution in [-0.4, -0.2) is 140 Å². The normalized spacial score (nSPS) is 20.6. The first-order valence-corrected chi connectivity index (χ1v) is 17.8. The zero-order valence-electron chi connectivity index (χ0n) is 32.6. The van der Waals surface area contributed by atoms with Crippen molar-refractivity contribution in [1.82, 2.24) is 25.3 Å². The van der Waals surface area contributed by atoms with Crippen molar-refractivity contribution in [2.45, 2.75) is 137 Å². The first-order chi connectivity index (χ1) is 22.8. The van der Waals surface area contributed by atoms with Crippen molar-refractivity contribution in [3.8, 4) is 0 Å². The number of nitrogens with zero attached hydrogens (tertiary/aromatic N) is 3. The minimum atomic E-state index is -1.06. The summed E-state index contributed by atoms with van der Waals surface area (Å²) in [6.07, 6.45) is -0.288. The van der Waals surface area contributed by atoms with Gasteiger partial charge in [0.15, 0.2) is 5.78 Å². The van der Waals surface area contributed by atoms with E-state index in [1.165, 1.54) is 28.1 Å².